The van der Waals surface area contributed by atoms with Gasteiger partial charge >= 0.3 is 6.09 Å². The lowest BCUT2D eigenvalue weighted by atomic mass is 10.2. The first kappa shape index (κ1) is 24.5. The Hall–Kier alpha value is -1.49. The maximum Gasteiger partial charge on any atom is 0.407 e. The highest BCUT2D eigenvalue weighted by Gasteiger charge is 2.27. The Balaban J connectivity index is 0.00000392. The fraction of sp³-hybridized carbons (Fsp3) is 0.611. The van der Waals surface area contributed by atoms with Crippen molar-refractivity contribution < 1.29 is 14.3 Å². The molecule has 0 aromatic carbocycles. The molecule has 0 unspecified atom stereocenters. The topological polar surface area (TPSA) is 88.1 Å². The molecular weight excluding hydrogens is 497 g/mol. The molecule has 0 aliphatic carbocycles. The molecule has 1 fully saturated rings. The molecule has 2 rings (SSSR count). The average Bonchev–Trinajstić information content (AvgIpc) is 3.03. The molecule has 0 bridgehead atoms. The molecule has 1 amide bonds. The van der Waals surface area contributed by atoms with E-state index in [-0.39, 0.29) is 36.1 Å². The van der Waals surface area contributed by atoms with E-state index in [0.717, 1.165) is 18.9 Å². The average molecular weight is 526 g/mol. The summed E-state index contributed by atoms with van der Waals surface area (Å²) in [7, 11) is 1.73. The number of hydrogen-bond acceptors (Lipinski definition) is 5. The van der Waals surface area contributed by atoms with Gasteiger partial charge in [0.2, 0.25) is 5.88 Å². The number of nitrogens with one attached hydrogen (secondary N) is 2. The summed E-state index contributed by atoms with van der Waals surface area (Å²) in [5, 5.41) is 6.74. The number of hydrogen-bond donors (Lipinski definition) is 2. The third kappa shape index (κ3) is 8.68. The van der Waals surface area contributed by atoms with Crippen molar-refractivity contribution in [3.05, 3.63) is 23.4 Å². The first-order valence-electron chi connectivity index (χ1n) is 8.96. The molecule has 1 atom stereocenters. The van der Waals surface area contributed by atoms with Crippen LogP contribution in [0.3, 0.4) is 0 Å². The lowest BCUT2D eigenvalue weighted by Crippen LogP contribution is -2.45. The standard InChI is InChI=1S/C18H28ClN5O3.HI/c1-18(2,3)27-17(25)23-14-7-9-24(12-14)16(20-4)21-8-10-26-15-6-5-13(19)11-22-15;/h5-6,11,14H,7-10,12H2,1-4H3,(H,20,21)(H,23,25);1H/t14-;/m1./s1. The molecule has 1 aromatic rings. The van der Waals surface area contributed by atoms with Crippen LogP contribution in [0.5, 0.6) is 5.88 Å². The van der Waals surface area contributed by atoms with E-state index in [9.17, 15) is 4.79 Å². The molecule has 0 spiro atoms. The van der Waals surface area contributed by atoms with E-state index in [1.165, 1.54) is 0 Å². The van der Waals surface area contributed by atoms with Crippen LogP contribution in [0.1, 0.15) is 27.2 Å². The number of halogens is 2. The van der Waals surface area contributed by atoms with E-state index in [2.05, 4.69) is 25.5 Å². The van der Waals surface area contributed by atoms with Crippen molar-refractivity contribution >= 4 is 47.6 Å². The minimum Gasteiger partial charge on any atom is -0.476 e. The molecule has 1 aromatic heterocycles. The third-order valence-corrected chi connectivity index (χ3v) is 3.98. The summed E-state index contributed by atoms with van der Waals surface area (Å²) in [6, 6.07) is 3.50. The maximum atomic E-state index is 11.9. The Morgan fingerprint density at radius 3 is 2.79 bits per heavy atom. The summed E-state index contributed by atoms with van der Waals surface area (Å²) in [5.41, 5.74) is -0.501. The molecule has 2 N–H and O–H groups in total. The maximum absolute atomic E-state index is 11.9. The van der Waals surface area contributed by atoms with Gasteiger partial charge in [0.25, 0.3) is 0 Å². The highest BCUT2D eigenvalue weighted by atomic mass is 127. The summed E-state index contributed by atoms with van der Waals surface area (Å²) >= 11 is 5.79. The van der Waals surface area contributed by atoms with Crippen LogP contribution in [0.25, 0.3) is 0 Å². The lowest BCUT2D eigenvalue weighted by Gasteiger charge is -2.23. The number of aliphatic imine (C=N–C) groups is 1. The van der Waals surface area contributed by atoms with Crippen LogP contribution in [0.15, 0.2) is 23.3 Å². The SMILES string of the molecule is CN=C(NCCOc1ccc(Cl)cn1)N1CC[C@@H](NC(=O)OC(C)(C)C)C1.I. The van der Waals surface area contributed by atoms with E-state index >= 15 is 0 Å². The Kier molecular flexibility index (Phi) is 10.1. The van der Waals surface area contributed by atoms with Gasteiger partial charge in [0.1, 0.15) is 12.2 Å². The molecule has 28 heavy (non-hydrogen) atoms. The van der Waals surface area contributed by atoms with Gasteiger partial charge < -0.3 is 25.0 Å². The first-order chi connectivity index (χ1) is 12.8. The Morgan fingerprint density at radius 2 is 2.18 bits per heavy atom. The second-order valence-electron chi connectivity index (χ2n) is 7.21. The van der Waals surface area contributed by atoms with Crippen molar-refractivity contribution in [1.29, 1.82) is 0 Å². The van der Waals surface area contributed by atoms with Gasteiger partial charge in [0.15, 0.2) is 5.96 Å². The quantitative estimate of drug-likeness (QED) is 0.266. The summed E-state index contributed by atoms with van der Waals surface area (Å²) < 4.78 is 10.9. The smallest absolute Gasteiger partial charge is 0.407 e. The van der Waals surface area contributed by atoms with Crippen molar-refractivity contribution in [2.75, 3.05) is 33.3 Å². The summed E-state index contributed by atoms with van der Waals surface area (Å²) in [6.45, 7) is 8.06. The first-order valence-corrected chi connectivity index (χ1v) is 9.34. The molecule has 1 aliphatic heterocycles. The molecular formula is C18H29ClIN5O3. The number of alkyl carbamates (subject to hydrolysis) is 1. The van der Waals surface area contributed by atoms with Crippen molar-refractivity contribution in [3.63, 3.8) is 0 Å². The lowest BCUT2D eigenvalue weighted by molar-refractivity contribution is 0.0507. The number of aromatic nitrogens is 1. The highest BCUT2D eigenvalue weighted by molar-refractivity contribution is 14.0. The number of carbonyl (C=O) groups is 1. The zero-order valence-electron chi connectivity index (χ0n) is 16.7. The fourth-order valence-electron chi connectivity index (χ4n) is 2.64. The minimum absolute atomic E-state index is 0. The van der Waals surface area contributed by atoms with Crippen LogP contribution in [-0.4, -0.2) is 66.9 Å². The molecule has 0 saturated carbocycles. The number of rotatable bonds is 5. The molecule has 158 valence electrons. The third-order valence-electron chi connectivity index (χ3n) is 3.76. The van der Waals surface area contributed by atoms with Crippen LogP contribution in [0.4, 0.5) is 4.79 Å². The second-order valence-corrected chi connectivity index (χ2v) is 7.65. The minimum atomic E-state index is -0.501. The van der Waals surface area contributed by atoms with Crippen LogP contribution in [0, 0.1) is 0 Å². The Labute approximate surface area is 188 Å². The van der Waals surface area contributed by atoms with E-state index in [0.29, 0.717) is 30.6 Å². The number of amides is 1. The molecule has 10 heteroatoms. The van der Waals surface area contributed by atoms with Gasteiger partial charge in [-0.1, -0.05) is 11.6 Å². The monoisotopic (exact) mass is 525 g/mol. The van der Waals surface area contributed by atoms with Gasteiger partial charge in [-0.25, -0.2) is 9.78 Å². The second kappa shape index (κ2) is 11.5. The van der Waals surface area contributed by atoms with Crippen molar-refractivity contribution in [3.8, 4) is 5.88 Å². The van der Waals surface area contributed by atoms with E-state index in [4.69, 9.17) is 21.1 Å². The zero-order valence-corrected chi connectivity index (χ0v) is 19.8. The van der Waals surface area contributed by atoms with Gasteiger partial charge in [-0.2, -0.15) is 0 Å². The van der Waals surface area contributed by atoms with Crippen molar-refractivity contribution in [2.45, 2.75) is 38.8 Å². The largest absolute Gasteiger partial charge is 0.476 e. The summed E-state index contributed by atoms with van der Waals surface area (Å²) in [6.07, 6.45) is 2.00. The fourth-order valence-corrected chi connectivity index (χ4v) is 2.75. The highest BCUT2D eigenvalue weighted by Crippen LogP contribution is 2.13. The molecule has 0 radical (unpaired) electrons. The molecule has 2 heterocycles. The number of guanidine groups is 1. The predicted octanol–water partition coefficient (Wildman–Crippen LogP) is 2.91. The molecule has 1 aliphatic rings. The van der Waals surface area contributed by atoms with Gasteiger partial charge in [-0.05, 0) is 33.3 Å². The van der Waals surface area contributed by atoms with E-state index in [1.807, 2.05) is 20.8 Å². The van der Waals surface area contributed by atoms with Gasteiger partial charge in [0.05, 0.1) is 17.6 Å². The number of likely N-dealkylation sites (tertiary alicyclic amines) is 1. The molecule has 1 saturated heterocycles. The number of ether oxygens (including phenoxy) is 2. The normalized spacial score (nSPS) is 17.0. The van der Waals surface area contributed by atoms with Gasteiger partial charge in [-0.3, -0.25) is 4.99 Å². The van der Waals surface area contributed by atoms with E-state index < -0.39 is 5.60 Å². The summed E-state index contributed by atoms with van der Waals surface area (Å²) in [5.74, 6) is 1.30. The predicted molar refractivity (Wildman–Crippen MR) is 121 cm³/mol. The Morgan fingerprint density at radius 1 is 1.43 bits per heavy atom. The van der Waals surface area contributed by atoms with Crippen molar-refractivity contribution in [1.82, 2.24) is 20.5 Å². The van der Waals surface area contributed by atoms with Crippen molar-refractivity contribution in [2.24, 2.45) is 4.99 Å². The Bertz CT molecular complexity index is 652. The van der Waals surface area contributed by atoms with E-state index in [1.54, 1.807) is 25.4 Å². The molecule has 8 nitrogen and oxygen atoms in total. The number of nitrogens with zero attached hydrogens (tertiary/aromatic N) is 3. The number of pyridine rings is 1. The van der Waals surface area contributed by atoms with Crippen LogP contribution in [-0.2, 0) is 4.74 Å². The number of carbonyl (C=O) groups excluding carboxylic acids is 1. The van der Waals surface area contributed by atoms with Crippen LogP contribution >= 0.6 is 35.6 Å². The zero-order chi connectivity index (χ0) is 19.9. The van der Waals surface area contributed by atoms with Crippen LogP contribution in [0.2, 0.25) is 5.02 Å². The summed E-state index contributed by atoms with van der Waals surface area (Å²) in [4.78, 5) is 22.4. The van der Waals surface area contributed by atoms with Crippen LogP contribution < -0.4 is 15.4 Å². The van der Waals surface area contributed by atoms with Gasteiger partial charge in [0, 0.05) is 32.4 Å². The van der Waals surface area contributed by atoms with Gasteiger partial charge in [-0.15, -0.1) is 24.0 Å².